The molecule has 0 aliphatic carbocycles. The number of anilines is 1. The Morgan fingerprint density at radius 1 is 1.30 bits per heavy atom. The molecule has 112 valence electrons. The van der Waals surface area contributed by atoms with Gasteiger partial charge in [0.15, 0.2) is 0 Å². The van der Waals surface area contributed by atoms with Gasteiger partial charge in [0.2, 0.25) is 0 Å². The van der Waals surface area contributed by atoms with Crippen molar-refractivity contribution in [2.75, 3.05) is 11.4 Å². The Balaban J connectivity index is 2.35. The lowest BCUT2D eigenvalue weighted by Gasteiger charge is -2.31. The molecule has 1 aromatic rings. The topological polar surface area (TPSA) is 16.1 Å². The smallest absolute Gasteiger partial charge is 0.129 e. The molecule has 1 saturated heterocycles. The Bertz CT molecular complexity index is 431. The zero-order valence-electron chi connectivity index (χ0n) is 13.0. The molecule has 0 N–H and O–H groups in total. The molecule has 2 rings (SSSR count). The minimum absolute atomic E-state index is 0.448. The van der Waals surface area contributed by atoms with E-state index in [1.54, 1.807) is 0 Å². The second kappa shape index (κ2) is 7.31. The Hall–Kier alpha value is -0.760. The number of hydrogen-bond acceptors (Lipinski definition) is 2. The average molecular weight is 295 g/mol. The number of halogens is 1. The van der Waals surface area contributed by atoms with Gasteiger partial charge in [-0.15, -0.1) is 11.6 Å². The van der Waals surface area contributed by atoms with Crippen molar-refractivity contribution in [3.63, 3.8) is 0 Å². The van der Waals surface area contributed by atoms with Gasteiger partial charge in [0, 0.05) is 24.2 Å². The molecule has 2 heterocycles. The van der Waals surface area contributed by atoms with Crippen molar-refractivity contribution in [1.82, 2.24) is 4.98 Å². The van der Waals surface area contributed by atoms with Gasteiger partial charge in [-0.2, -0.15) is 0 Å². The van der Waals surface area contributed by atoms with Crippen molar-refractivity contribution in [3.05, 3.63) is 23.4 Å². The highest BCUT2D eigenvalue weighted by molar-refractivity contribution is 6.17. The highest BCUT2D eigenvalue weighted by atomic mass is 35.5. The Morgan fingerprint density at radius 2 is 2.10 bits per heavy atom. The van der Waals surface area contributed by atoms with E-state index in [0.717, 1.165) is 18.1 Å². The van der Waals surface area contributed by atoms with Crippen LogP contribution in [-0.4, -0.2) is 17.6 Å². The number of aromatic nitrogens is 1. The fourth-order valence-corrected chi connectivity index (χ4v) is 3.17. The molecule has 2 nitrogen and oxygen atoms in total. The van der Waals surface area contributed by atoms with Crippen molar-refractivity contribution >= 4 is 17.4 Å². The SMILES string of the molecule is CCC1CCCCCN1c1cc(CCl)cc(C(C)C)n1. The molecule has 20 heavy (non-hydrogen) atoms. The zero-order chi connectivity index (χ0) is 14.5. The lowest BCUT2D eigenvalue weighted by Crippen LogP contribution is -2.35. The van der Waals surface area contributed by atoms with Gasteiger partial charge in [0.1, 0.15) is 5.82 Å². The van der Waals surface area contributed by atoms with E-state index < -0.39 is 0 Å². The van der Waals surface area contributed by atoms with Gasteiger partial charge >= 0.3 is 0 Å². The van der Waals surface area contributed by atoms with Gasteiger partial charge in [0.05, 0.1) is 0 Å². The van der Waals surface area contributed by atoms with Gasteiger partial charge in [-0.3, -0.25) is 0 Å². The Kier molecular flexibility index (Phi) is 5.71. The molecule has 1 fully saturated rings. The van der Waals surface area contributed by atoms with E-state index in [1.807, 2.05) is 0 Å². The predicted octanol–water partition coefficient (Wildman–Crippen LogP) is 5.10. The van der Waals surface area contributed by atoms with Crippen LogP contribution in [0.2, 0.25) is 0 Å². The first kappa shape index (κ1) is 15.6. The van der Waals surface area contributed by atoms with Crippen LogP contribution >= 0.6 is 11.6 Å². The molecular weight excluding hydrogens is 268 g/mol. The molecule has 1 aliphatic rings. The molecule has 0 aromatic carbocycles. The molecule has 0 amide bonds. The van der Waals surface area contributed by atoms with Crippen LogP contribution in [0, 0.1) is 0 Å². The molecule has 1 aliphatic heterocycles. The van der Waals surface area contributed by atoms with Gasteiger partial charge in [-0.25, -0.2) is 4.98 Å². The van der Waals surface area contributed by atoms with Crippen molar-refractivity contribution < 1.29 is 0 Å². The van der Waals surface area contributed by atoms with Crippen molar-refractivity contribution in [2.45, 2.75) is 70.7 Å². The van der Waals surface area contributed by atoms with Crippen molar-refractivity contribution in [2.24, 2.45) is 0 Å². The first-order chi connectivity index (χ1) is 9.65. The summed E-state index contributed by atoms with van der Waals surface area (Å²) in [6.45, 7) is 7.82. The largest absolute Gasteiger partial charge is 0.354 e. The van der Waals surface area contributed by atoms with Gasteiger partial charge < -0.3 is 4.90 Å². The molecule has 1 unspecified atom stereocenters. The van der Waals surface area contributed by atoms with Gasteiger partial charge in [0.25, 0.3) is 0 Å². The van der Waals surface area contributed by atoms with Crippen LogP contribution in [0.25, 0.3) is 0 Å². The fourth-order valence-electron chi connectivity index (χ4n) is 3.02. The van der Waals surface area contributed by atoms with Crippen LogP contribution in [-0.2, 0) is 5.88 Å². The van der Waals surface area contributed by atoms with Crippen LogP contribution in [0.5, 0.6) is 0 Å². The van der Waals surface area contributed by atoms with Crippen LogP contribution < -0.4 is 4.90 Å². The number of rotatable bonds is 4. The molecular formula is C17H27ClN2. The molecule has 3 heteroatoms. The summed E-state index contributed by atoms with van der Waals surface area (Å²) in [6.07, 6.45) is 6.46. The van der Waals surface area contributed by atoms with Crippen LogP contribution in [0.15, 0.2) is 12.1 Å². The standard InChI is InChI=1S/C17H27ClN2/c1-4-15-8-6-5-7-9-20(15)17-11-14(12-18)10-16(19-17)13(2)3/h10-11,13,15H,4-9,12H2,1-3H3. The highest BCUT2D eigenvalue weighted by Crippen LogP contribution is 2.27. The lowest BCUT2D eigenvalue weighted by molar-refractivity contribution is 0.551. The summed E-state index contributed by atoms with van der Waals surface area (Å²) in [4.78, 5) is 7.43. The third-order valence-corrected chi connectivity index (χ3v) is 4.59. The normalized spacial score (nSPS) is 20.2. The van der Waals surface area contributed by atoms with Gasteiger partial charge in [-0.05, 0) is 42.9 Å². The maximum atomic E-state index is 6.07. The summed E-state index contributed by atoms with van der Waals surface area (Å²) in [7, 11) is 0. The molecule has 0 radical (unpaired) electrons. The first-order valence-corrected chi connectivity index (χ1v) is 8.52. The van der Waals surface area contributed by atoms with E-state index in [4.69, 9.17) is 16.6 Å². The average Bonchev–Trinajstić information content (AvgIpc) is 2.71. The summed E-state index contributed by atoms with van der Waals surface area (Å²) in [6, 6.07) is 4.97. The summed E-state index contributed by atoms with van der Waals surface area (Å²) in [5.41, 5.74) is 2.36. The van der Waals surface area contributed by atoms with Crippen LogP contribution in [0.3, 0.4) is 0 Å². The third-order valence-electron chi connectivity index (χ3n) is 4.28. The summed E-state index contributed by atoms with van der Waals surface area (Å²) in [5, 5.41) is 0. The molecule has 0 saturated carbocycles. The molecule has 1 aromatic heterocycles. The van der Waals surface area contributed by atoms with Crippen LogP contribution in [0.4, 0.5) is 5.82 Å². The van der Waals surface area contributed by atoms with Crippen LogP contribution in [0.1, 0.15) is 70.1 Å². The minimum Gasteiger partial charge on any atom is -0.354 e. The molecule has 1 atom stereocenters. The van der Waals surface area contributed by atoms with E-state index in [-0.39, 0.29) is 0 Å². The number of hydrogen-bond donors (Lipinski definition) is 0. The van der Waals surface area contributed by atoms with E-state index in [9.17, 15) is 0 Å². The second-order valence-electron chi connectivity index (χ2n) is 6.15. The number of alkyl halides is 1. The highest BCUT2D eigenvalue weighted by Gasteiger charge is 2.21. The summed E-state index contributed by atoms with van der Waals surface area (Å²) < 4.78 is 0. The minimum atomic E-state index is 0.448. The maximum absolute atomic E-state index is 6.07. The monoisotopic (exact) mass is 294 g/mol. The van der Waals surface area contributed by atoms with E-state index >= 15 is 0 Å². The van der Waals surface area contributed by atoms with E-state index in [1.165, 1.54) is 37.7 Å². The number of nitrogens with zero attached hydrogens (tertiary/aromatic N) is 2. The van der Waals surface area contributed by atoms with Crippen molar-refractivity contribution in [3.8, 4) is 0 Å². The van der Waals surface area contributed by atoms with Crippen molar-refractivity contribution in [1.29, 1.82) is 0 Å². The van der Waals surface area contributed by atoms with E-state index in [2.05, 4.69) is 37.8 Å². The van der Waals surface area contributed by atoms with Gasteiger partial charge in [-0.1, -0.05) is 33.6 Å². The Labute approximate surface area is 128 Å². The summed E-state index contributed by atoms with van der Waals surface area (Å²) in [5.74, 6) is 2.16. The lowest BCUT2D eigenvalue weighted by atomic mass is 10.1. The molecule has 0 bridgehead atoms. The third kappa shape index (κ3) is 3.66. The summed E-state index contributed by atoms with van der Waals surface area (Å²) >= 11 is 6.07. The predicted molar refractivity (Wildman–Crippen MR) is 87.8 cm³/mol. The molecule has 0 spiro atoms. The zero-order valence-corrected chi connectivity index (χ0v) is 13.8. The fraction of sp³-hybridized carbons (Fsp3) is 0.706. The quantitative estimate of drug-likeness (QED) is 0.718. The maximum Gasteiger partial charge on any atom is 0.129 e. The Morgan fingerprint density at radius 3 is 2.75 bits per heavy atom. The first-order valence-electron chi connectivity index (χ1n) is 7.99. The van der Waals surface area contributed by atoms with E-state index in [0.29, 0.717) is 17.8 Å². The number of pyridine rings is 1. The second-order valence-corrected chi connectivity index (χ2v) is 6.42.